The minimum atomic E-state index is -0.527. The Bertz CT molecular complexity index is 524. The predicted molar refractivity (Wildman–Crippen MR) is 86.2 cm³/mol. The zero-order valence-corrected chi connectivity index (χ0v) is 13.6. The summed E-state index contributed by atoms with van der Waals surface area (Å²) in [6.45, 7) is 6.05. The fourth-order valence-corrected chi connectivity index (χ4v) is 1.81. The van der Waals surface area contributed by atoms with Crippen molar-refractivity contribution in [3.8, 4) is 0 Å². The van der Waals surface area contributed by atoms with E-state index in [-0.39, 0.29) is 0 Å². The lowest BCUT2D eigenvalue weighted by atomic mass is 10.0. The van der Waals surface area contributed by atoms with Crippen molar-refractivity contribution in [1.82, 2.24) is 5.32 Å². The van der Waals surface area contributed by atoms with Gasteiger partial charge in [0.25, 0.3) is 0 Å². The maximum atomic E-state index is 11.6. The fraction of sp³-hybridized carbons (Fsp3) is 0.500. The quantitative estimate of drug-likeness (QED) is 0.701. The Morgan fingerprint density at radius 1 is 1.41 bits per heavy atom. The summed E-state index contributed by atoms with van der Waals surface area (Å²) in [4.78, 5) is 11.6. The highest BCUT2D eigenvalue weighted by Crippen LogP contribution is 2.09. The van der Waals surface area contributed by atoms with E-state index in [9.17, 15) is 4.79 Å². The summed E-state index contributed by atoms with van der Waals surface area (Å²) in [6.07, 6.45) is -0.468. The Hall–Kier alpha value is -1.92. The monoisotopic (exact) mass is 307 g/mol. The number of nitrogens with two attached hydrogens (primary N) is 1. The van der Waals surface area contributed by atoms with Crippen molar-refractivity contribution in [2.24, 2.45) is 5.73 Å². The summed E-state index contributed by atoms with van der Waals surface area (Å²) >= 11 is 0. The topological polar surface area (TPSA) is 97.4 Å². The molecule has 0 saturated carbocycles. The third-order valence-corrected chi connectivity index (χ3v) is 2.79. The van der Waals surface area contributed by atoms with Crippen LogP contribution in [-0.4, -0.2) is 37.2 Å². The van der Waals surface area contributed by atoms with Crippen molar-refractivity contribution < 1.29 is 14.3 Å². The van der Waals surface area contributed by atoms with Crippen LogP contribution in [0, 0.1) is 5.41 Å². The van der Waals surface area contributed by atoms with Crippen LogP contribution in [0.2, 0.25) is 0 Å². The van der Waals surface area contributed by atoms with Crippen LogP contribution in [0.4, 0.5) is 4.79 Å². The Morgan fingerprint density at radius 2 is 2.09 bits per heavy atom. The van der Waals surface area contributed by atoms with Gasteiger partial charge in [-0.1, -0.05) is 18.2 Å². The molecular weight excluding hydrogens is 282 g/mol. The maximum Gasteiger partial charge on any atom is 0.407 e. The highest BCUT2D eigenvalue weighted by atomic mass is 16.6. The van der Waals surface area contributed by atoms with E-state index in [0.717, 1.165) is 5.56 Å². The van der Waals surface area contributed by atoms with Gasteiger partial charge < -0.3 is 25.9 Å². The van der Waals surface area contributed by atoms with Crippen molar-refractivity contribution >= 4 is 11.8 Å². The van der Waals surface area contributed by atoms with Crippen LogP contribution >= 0.6 is 0 Å². The predicted octanol–water partition coefficient (Wildman–Crippen LogP) is 2.05. The molecule has 6 heteroatoms. The molecule has 4 N–H and O–H groups in total. The van der Waals surface area contributed by atoms with Crippen LogP contribution in [0.15, 0.2) is 24.3 Å². The Morgan fingerprint density at radius 3 is 2.68 bits per heavy atom. The number of carbonyl (C=O) groups is 1. The van der Waals surface area contributed by atoms with Crippen molar-refractivity contribution in [1.29, 1.82) is 5.41 Å². The van der Waals surface area contributed by atoms with E-state index in [2.05, 4.69) is 5.32 Å². The standard InChI is InChI=1S/C16H25N3O3/c1-16(2,3)22-15(20)19-9-11-6-5-7-12(8-11)14(18)13(17)10-21-4/h5-8,13,18H,9-10,17H2,1-4H3,(H,19,20). The number of ether oxygens (including phenoxy) is 2. The molecule has 6 nitrogen and oxygen atoms in total. The van der Waals surface area contributed by atoms with E-state index in [4.69, 9.17) is 20.6 Å². The van der Waals surface area contributed by atoms with Crippen LogP contribution < -0.4 is 11.1 Å². The van der Waals surface area contributed by atoms with Crippen LogP contribution in [0.1, 0.15) is 31.9 Å². The Kier molecular flexibility index (Phi) is 6.52. The molecule has 1 amide bonds. The van der Waals surface area contributed by atoms with E-state index >= 15 is 0 Å². The van der Waals surface area contributed by atoms with Gasteiger partial charge in [0.1, 0.15) is 5.60 Å². The molecule has 22 heavy (non-hydrogen) atoms. The highest BCUT2D eigenvalue weighted by molar-refractivity contribution is 6.02. The van der Waals surface area contributed by atoms with Crippen LogP contribution in [0.5, 0.6) is 0 Å². The van der Waals surface area contributed by atoms with E-state index in [1.54, 1.807) is 7.11 Å². The molecule has 1 atom stereocenters. The van der Waals surface area contributed by atoms with Gasteiger partial charge in [0.05, 0.1) is 18.4 Å². The largest absolute Gasteiger partial charge is 0.444 e. The molecular formula is C16H25N3O3. The second kappa shape index (κ2) is 7.91. The molecule has 0 fully saturated rings. The number of hydrogen-bond acceptors (Lipinski definition) is 5. The number of methoxy groups -OCH3 is 1. The molecule has 0 aliphatic carbocycles. The summed E-state index contributed by atoms with van der Waals surface area (Å²) in [5, 5.41) is 10.7. The third kappa shape index (κ3) is 6.24. The smallest absolute Gasteiger partial charge is 0.407 e. The lowest BCUT2D eigenvalue weighted by Crippen LogP contribution is -2.35. The number of rotatable bonds is 6. The molecule has 0 aromatic heterocycles. The van der Waals surface area contributed by atoms with Crippen molar-refractivity contribution in [2.45, 2.75) is 39.0 Å². The van der Waals surface area contributed by atoms with E-state index in [0.29, 0.717) is 24.4 Å². The van der Waals surface area contributed by atoms with Crippen molar-refractivity contribution in [3.63, 3.8) is 0 Å². The summed E-state index contributed by atoms with van der Waals surface area (Å²) in [5.41, 5.74) is 7.23. The molecule has 0 bridgehead atoms. The molecule has 0 saturated heterocycles. The first kappa shape index (κ1) is 18.1. The van der Waals surface area contributed by atoms with E-state index in [1.165, 1.54) is 0 Å². The van der Waals surface area contributed by atoms with E-state index < -0.39 is 17.7 Å². The average Bonchev–Trinajstić information content (AvgIpc) is 2.43. The lowest BCUT2D eigenvalue weighted by Gasteiger charge is -2.19. The zero-order valence-electron chi connectivity index (χ0n) is 13.6. The lowest BCUT2D eigenvalue weighted by molar-refractivity contribution is 0.0523. The molecule has 0 radical (unpaired) electrons. The first-order valence-corrected chi connectivity index (χ1v) is 7.12. The third-order valence-electron chi connectivity index (χ3n) is 2.79. The summed E-state index contributed by atoms with van der Waals surface area (Å²) < 4.78 is 10.1. The number of amides is 1. The zero-order chi connectivity index (χ0) is 16.8. The van der Waals surface area contributed by atoms with Gasteiger partial charge in [-0.15, -0.1) is 0 Å². The van der Waals surface area contributed by atoms with Gasteiger partial charge in [-0.2, -0.15) is 0 Å². The Balaban J connectivity index is 2.65. The number of carbonyl (C=O) groups excluding carboxylic acids is 1. The summed E-state index contributed by atoms with van der Waals surface area (Å²) in [6, 6.07) is 6.87. The molecule has 122 valence electrons. The number of nitrogens with one attached hydrogen (secondary N) is 2. The molecule has 0 aliphatic rings. The molecule has 1 aromatic rings. The highest BCUT2D eigenvalue weighted by Gasteiger charge is 2.16. The number of hydrogen-bond donors (Lipinski definition) is 3. The molecule has 0 heterocycles. The number of alkyl carbamates (subject to hydrolysis) is 1. The fourth-order valence-electron chi connectivity index (χ4n) is 1.81. The van der Waals surface area contributed by atoms with Gasteiger partial charge in [-0.25, -0.2) is 4.79 Å². The van der Waals surface area contributed by atoms with Gasteiger partial charge in [-0.3, -0.25) is 0 Å². The van der Waals surface area contributed by atoms with E-state index in [1.807, 2.05) is 45.0 Å². The second-order valence-electron chi connectivity index (χ2n) is 6.03. The normalized spacial score (nSPS) is 12.6. The van der Waals surface area contributed by atoms with Crippen molar-refractivity contribution in [2.75, 3.05) is 13.7 Å². The first-order chi connectivity index (χ1) is 10.2. The second-order valence-corrected chi connectivity index (χ2v) is 6.03. The minimum Gasteiger partial charge on any atom is -0.444 e. The first-order valence-electron chi connectivity index (χ1n) is 7.12. The van der Waals surface area contributed by atoms with Gasteiger partial charge in [-0.05, 0) is 38.0 Å². The van der Waals surface area contributed by atoms with Gasteiger partial charge in [0.2, 0.25) is 0 Å². The van der Waals surface area contributed by atoms with Gasteiger partial charge in [0, 0.05) is 13.7 Å². The molecule has 0 aliphatic heterocycles. The molecule has 1 aromatic carbocycles. The number of benzene rings is 1. The molecule has 1 unspecified atom stereocenters. The summed E-state index contributed by atoms with van der Waals surface area (Å²) in [5.74, 6) is 0. The average molecular weight is 307 g/mol. The van der Waals surface area contributed by atoms with Crippen LogP contribution in [0.25, 0.3) is 0 Å². The SMILES string of the molecule is COCC(N)C(=N)c1cccc(CNC(=O)OC(C)(C)C)c1. The van der Waals surface area contributed by atoms with Crippen LogP contribution in [0.3, 0.4) is 0 Å². The van der Waals surface area contributed by atoms with Gasteiger partial charge >= 0.3 is 6.09 Å². The Labute approximate surface area is 131 Å². The maximum absolute atomic E-state index is 11.6. The van der Waals surface area contributed by atoms with Gasteiger partial charge in [0.15, 0.2) is 0 Å². The van der Waals surface area contributed by atoms with Crippen molar-refractivity contribution in [3.05, 3.63) is 35.4 Å². The molecule has 0 spiro atoms. The summed E-state index contributed by atoms with van der Waals surface area (Å²) in [7, 11) is 1.55. The minimum absolute atomic E-state index is 0.291. The van der Waals surface area contributed by atoms with Crippen LogP contribution in [-0.2, 0) is 16.0 Å². The molecule has 1 rings (SSSR count).